The summed E-state index contributed by atoms with van der Waals surface area (Å²) in [7, 11) is 2.99. The molecule has 0 spiro atoms. The number of benzene rings is 2. The van der Waals surface area contributed by atoms with Crippen molar-refractivity contribution in [2.75, 3.05) is 50.6 Å². The number of H-pyrrole nitrogens is 1. The summed E-state index contributed by atoms with van der Waals surface area (Å²) in [4.78, 5) is 32.8. The molecule has 0 aliphatic carbocycles. The number of methoxy groups -OCH3 is 2. The molecular weight excluding hydrogens is 420 g/mol. The number of rotatable bonds is 6. The van der Waals surface area contributed by atoms with Crippen LogP contribution in [-0.4, -0.2) is 68.2 Å². The summed E-state index contributed by atoms with van der Waals surface area (Å²) in [6.45, 7) is 6.73. The lowest BCUT2D eigenvalue weighted by molar-refractivity contribution is -0.117. The van der Waals surface area contributed by atoms with E-state index in [2.05, 4.69) is 39.2 Å². The monoisotopic (exact) mass is 450 g/mol. The average molecular weight is 451 g/mol. The Bertz CT molecular complexity index is 1160. The minimum absolute atomic E-state index is 0.160. The Labute approximate surface area is 193 Å². The fourth-order valence-corrected chi connectivity index (χ4v) is 4.41. The third-order valence-electron chi connectivity index (χ3n) is 6.09. The van der Waals surface area contributed by atoms with Gasteiger partial charge in [0.25, 0.3) is 0 Å². The van der Waals surface area contributed by atoms with Crippen molar-refractivity contribution < 1.29 is 19.1 Å². The molecule has 1 fully saturated rings. The number of anilines is 2. The highest BCUT2D eigenvalue weighted by Gasteiger charge is 2.26. The SMILES string of the molecule is COC(=O)c1[nH]c2ccc(C)cc2c1NC(=O)CN1CCN(c2ccc(OC)cc2)[C@H](C)C1. The van der Waals surface area contributed by atoms with Crippen molar-refractivity contribution in [2.45, 2.75) is 19.9 Å². The van der Waals surface area contributed by atoms with Crippen molar-refractivity contribution >= 4 is 34.2 Å². The summed E-state index contributed by atoms with van der Waals surface area (Å²) in [5.41, 5.74) is 3.68. The number of esters is 1. The van der Waals surface area contributed by atoms with Crippen molar-refractivity contribution in [3.05, 3.63) is 53.7 Å². The first-order chi connectivity index (χ1) is 15.9. The van der Waals surface area contributed by atoms with Gasteiger partial charge in [-0.25, -0.2) is 4.79 Å². The molecule has 3 aromatic rings. The highest BCUT2D eigenvalue weighted by atomic mass is 16.5. The van der Waals surface area contributed by atoms with Gasteiger partial charge in [-0.15, -0.1) is 0 Å². The minimum Gasteiger partial charge on any atom is -0.497 e. The molecule has 1 amide bonds. The van der Waals surface area contributed by atoms with Gasteiger partial charge in [0.05, 0.1) is 26.5 Å². The second kappa shape index (κ2) is 9.54. The summed E-state index contributed by atoms with van der Waals surface area (Å²) in [5.74, 6) is 0.161. The Balaban J connectivity index is 1.44. The summed E-state index contributed by atoms with van der Waals surface area (Å²) in [6.07, 6.45) is 0. The van der Waals surface area contributed by atoms with E-state index >= 15 is 0 Å². The van der Waals surface area contributed by atoms with Crippen LogP contribution in [0.3, 0.4) is 0 Å². The van der Waals surface area contributed by atoms with Crippen LogP contribution in [0.4, 0.5) is 11.4 Å². The van der Waals surface area contributed by atoms with Crippen LogP contribution in [0.15, 0.2) is 42.5 Å². The van der Waals surface area contributed by atoms with Crippen LogP contribution in [0, 0.1) is 6.92 Å². The topological polar surface area (TPSA) is 86.9 Å². The molecule has 0 unspecified atom stereocenters. The zero-order chi connectivity index (χ0) is 23.5. The van der Waals surface area contributed by atoms with E-state index in [0.29, 0.717) is 5.69 Å². The number of carbonyl (C=O) groups excluding carboxylic acids is 2. The molecular formula is C25H30N4O4. The minimum atomic E-state index is -0.513. The zero-order valence-electron chi connectivity index (χ0n) is 19.5. The normalized spacial score (nSPS) is 16.6. The molecule has 1 atom stereocenters. The number of carbonyl (C=O) groups is 2. The Kier molecular flexibility index (Phi) is 6.55. The van der Waals surface area contributed by atoms with Crippen LogP contribution in [0.2, 0.25) is 0 Å². The van der Waals surface area contributed by atoms with Gasteiger partial charge in [0.1, 0.15) is 11.4 Å². The maximum absolute atomic E-state index is 13.0. The number of aromatic nitrogens is 1. The average Bonchev–Trinajstić information content (AvgIpc) is 3.16. The van der Waals surface area contributed by atoms with Gasteiger partial charge in [-0.2, -0.15) is 0 Å². The molecule has 2 N–H and O–H groups in total. The third kappa shape index (κ3) is 4.80. The number of hydrogen-bond donors (Lipinski definition) is 2. The molecule has 1 aliphatic rings. The van der Waals surface area contributed by atoms with E-state index < -0.39 is 5.97 Å². The quantitative estimate of drug-likeness (QED) is 0.560. The van der Waals surface area contributed by atoms with Crippen LogP contribution in [0.25, 0.3) is 10.9 Å². The number of aryl methyl sites for hydroxylation is 1. The summed E-state index contributed by atoms with van der Waals surface area (Å²) >= 11 is 0. The van der Waals surface area contributed by atoms with Crippen LogP contribution in [0.1, 0.15) is 23.0 Å². The molecule has 1 saturated heterocycles. The second-order valence-corrected chi connectivity index (χ2v) is 8.44. The van der Waals surface area contributed by atoms with Gasteiger partial charge in [0.15, 0.2) is 0 Å². The molecule has 0 radical (unpaired) electrons. The van der Waals surface area contributed by atoms with E-state index in [-0.39, 0.29) is 24.2 Å². The number of aromatic amines is 1. The maximum atomic E-state index is 13.0. The van der Waals surface area contributed by atoms with Gasteiger partial charge in [-0.05, 0) is 50.2 Å². The summed E-state index contributed by atoms with van der Waals surface area (Å²) < 4.78 is 10.2. The van der Waals surface area contributed by atoms with E-state index in [0.717, 1.165) is 47.5 Å². The Hall–Kier alpha value is -3.52. The standard InChI is InChI=1S/C25H30N4O4/c1-16-5-10-21-20(13-16)23(24(26-21)25(31)33-4)27-22(30)15-28-11-12-29(17(2)14-28)18-6-8-19(32-3)9-7-18/h5-10,13,17,26H,11-12,14-15H2,1-4H3,(H,27,30)/t17-/m1/s1. The van der Waals surface area contributed by atoms with Crippen molar-refractivity contribution in [1.29, 1.82) is 0 Å². The number of nitrogens with one attached hydrogen (secondary N) is 2. The first kappa shape index (κ1) is 22.7. The summed E-state index contributed by atoms with van der Waals surface area (Å²) in [5, 5.41) is 3.75. The molecule has 2 heterocycles. The van der Waals surface area contributed by atoms with Gasteiger partial charge >= 0.3 is 5.97 Å². The predicted octanol–water partition coefficient (Wildman–Crippen LogP) is 3.42. The largest absolute Gasteiger partial charge is 0.497 e. The fourth-order valence-electron chi connectivity index (χ4n) is 4.41. The first-order valence-corrected chi connectivity index (χ1v) is 11.0. The van der Waals surface area contributed by atoms with E-state index in [1.807, 2.05) is 37.3 Å². The van der Waals surface area contributed by atoms with E-state index in [4.69, 9.17) is 9.47 Å². The molecule has 0 bridgehead atoms. The maximum Gasteiger partial charge on any atom is 0.356 e. The number of amides is 1. The Morgan fingerprint density at radius 3 is 2.55 bits per heavy atom. The van der Waals surface area contributed by atoms with Gasteiger partial charge in [-0.1, -0.05) is 11.6 Å². The number of piperazine rings is 1. The number of nitrogens with zero attached hydrogens (tertiary/aromatic N) is 2. The smallest absolute Gasteiger partial charge is 0.356 e. The van der Waals surface area contributed by atoms with Gasteiger partial charge in [0.2, 0.25) is 5.91 Å². The van der Waals surface area contributed by atoms with Crippen LogP contribution in [-0.2, 0) is 9.53 Å². The van der Waals surface area contributed by atoms with Gasteiger partial charge < -0.3 is 24.7 Å². The zero-order valence-corrected chi connectivity index (χ0v) is 19.5. The third-order valence-corrected chi connectivity index (χ3v) is 6.09. The first-order valence-electron chi connectivity index (χ1n) is 11.0. The highest BCUT2D eigenvalue weighted by Crippen LogP contribution is 2.29. The molecule has 4 rings (SSSR count). The van der Waals surface area contributed by atoms with E-state index in [1.165, 1.54) is 7.11 Å². The second-order valence-electron chi connectivity index (χ2n) is 8.44. The lowest BCUT2D eigenvalue weighted by atomic mass is 10.1. The van der Waals surface area contributed by atoms with Crippen LogP contribution < -0.4 is 15.0 Å². The molecule has 33 heavy (non-hydrogen) atoms. The molecule has 174 valence electrons. The summed E-state index contributed by atoms with van der Waals surface area (Å²) in [6, 6.07) is 14.1. The molecule has 0 saturated carbocycles. The molecule has 8 heteroatoms. The molecule has 2 aromatic carbocycles. The van der Waals surface area contributed by atoms with Gasteiger partial charge in [0, 0.05) is 42.3 Å². The highest BCUT2D eigenvalue weighted by molar-refractivity contribution is 6.11. The predicted molar refractivity (Wildman–Crippen MR) is 129 cm³/mol. The lowest BCUT2D eigenvalue weighted by Crippen LogP contribution is -2.53. The fraction of sp³-hybridized carbons (Fsp3) is 0.360. The van der Waals surface area contributed by atoms with Crippen molar-refractivity contribution in [2.24, 2.45) is 0 Å². The van der Waals surface area contributed by atoms with Crippen LogP contribution in [0.5, 0.6) is 5.75 Å². The van der Waals surface area contributed by atoms with Crippen molar-refractivity contribution in [3.8, 4) is 5.75 Å². The van der Waals surface area contributed by atoms with Crippen molar-refractivity contribution in [1.82, 2.24) is 9.88 Å². The molecule has 1 aromatic heterocycles. The Morgan fingerprint density at radius 2 is 1.88 bits per heavy atom. The van der Waals surface area contributed by atoms with Crippen molar-refractivity contribution in [3.63, 3.8) is 0 Å². The van der Waals surface area contributed by atoms with Crippen LogP contribution >= 0.6 is 0 Å². The molecule has 8 nitrogen and oxygen atoms in total. The lowest BCUT2D eigenvalue weighted by Gasteiger charge is -2.41. The number of hydrogen-bond acceptors (Lipinski definition) is 6. The van der Waals surface area contributed by atoms with E-state index in [9.17, 15) is 9.59 Å². The van der Waals surface area contributed by atoms with Gasteiger partial charge in [-0.3, -0.25) is 9.69 Å². The molecule has 1 aliphatic heterocycles. The number of fused-ring (bicyclic) bond motifs is 1. The number of ether oxygens (including phenoxy) is 2. The van der Waals surface area contributed by atoms with E-state index in [1.54, 1.807) is 7.11 Å². The Morgan fingerprint density at radius 1 is 1.12 bits per heavy atom.